The summed E-state index contributed by atoms with van der Waals surface area (Å²) in [6.07, 6.45) is -0.932. The van der Waals surface area contributed by atoms with E-state index in [1.54, 1.807) is 24.3 Å². The van der Waals surface area contributed by atoms with E-state index in [0.717, 1.165) is 10.5 Å². The molecule has 0 heterocycles. The Labute approximate surface area is 163 Å². The highest BCUT2D eigenvalue weighted by molar-refractivity contribution is 8.00. The van der Waals surface area contributed by atoms with Gasteiger partial charge in [-0.05, 0) is 63.1 Å². The van der Waals surface area contributed by atoms with Gasteiger partial charge in [0.1, 0.15) is 0 Å². The summed E-state index contributed by atoms with van der Waals surface area (Å²) in [6.45, 7) is 7.02. The molecule has 1 N–H and O–H groups in total. The van der Waals surface area contributed by atoms with Crippen LogP contribution in [0.2, 0.25) is 0 Å². The smallest absolute Gasteiger partial charge is 0.317 e. The predicted octanol–water partition coefficient (Wildman–Crippen LogP) is 4.17. The molecule has 0 saturated carbocycles. The molecular weight excluding hydrogens is 362 g/mol. The number of carbonyl (C=O) groups is 3. The van der Waals surface area contributed by atoms with Crippen molar-refractivity contribution in [3.05, 3.63) is 59.2 Å². The SMILES string of the molecule is CC(=O)c1cccc(NC(=O)[C@H](C)OC(=O)CSc2ccc(C)c(C)c2)c1. The molecule has 0 bridgehead atoms. The molecule has 0 saturated heterocycles. The van der Waals surface area contributed by atoms with Gasteiger partial charge in [-0.25, -0.2) is 0 Å². The number of hydrogen-bond acceptors (Lipinski definition) is 5. The maximum Gasteiger partial charge on any atom is 0.317 e. The number of ketones is 1. The van der Waals surface area contributed by atoms with E-state index >= 15 is 0 Å². The fraction of sp³-hybridized carbons (Fsp3) is 0.286. The molecule has 6 heteroatoms. The summed E-state index contributed by atoms with van der Waals surface area (Å²) in [6, 6.07) is 12.6. The van der Waals surface area contributed by atoms with Crippen LogP contribution in [0.25, 0.3) is 0 Å². The van der Waals surface area contributed by atoms with Gasteiger partial charge < -0.3 is 10.1 Å². The van der Waals surface area contributed by atoms with Crippen LogP contribution >= 0.6 is 11.8 Å². The first-order valence-corrected chi connectivity index (χ1v) is 9.56. The highest BCUT2D eigenvalue weighted by Crippen LogP contribution is 2.21. The zero-order valence-corrected chi connectivity index (χ0v) is 16.7. The van der Waals surface area contributed by atoms with Crippen LogP contribution in [0.15, 0.2) is 47.4 Å². The maximum absolute atomic E-state index is 12.2. The van der Waals surface area contributed by atoms with Crippen LogP contribution in [0.5, 0.6) is 0 Å². The molecule has 0 aliphatic rings. The fourth-order valence-electron chi connectivity index (χ4n) is 2.29. The molecule has 1 amide bonds. The molecule has 27 heavy (non-hydrogen) atoms. The van der Waals surface area contributed by atoms with Crippen LogP contribution in [0.1, 0.15) is 35.3 Å². The quantitative estimate of drug-likeness (QED) is 0.440. The number of aryl methyl sites for hydroxylation is 2. The average Bonchev–Trinajstić information content (AvgIpc) is 2.62. The lowest BCUT2D eigenvalue weighted by molar-refractivity contribution is -0.150. The Balaban J connectivity index is 1.86. The van der Waals surface area contributed by atoms with E-state index in [1.807, 2.05) is 32.0 Å². The van der Waals surface area contributed by atoms with Gasteiger partial charge in [0, 0.05) is 16.1 Å². The van der Waals surface area contributed by atoms with Crippen molar-refractivity contribution < 1.29 is 19.1 Å². The minimum absolute atomic E-state index is 0.0889. The molecule has 0 aliphatic carbocycles. The van der Waals surface area contributed by atoms with E-state index in [-0.39, 0.29) is 11.5 Å². The number of carbonyl (C=O) groups excluding carboxylic acids is 3. The van der Waals surface area contributed by atoms with Gasteiger partial charge in [0.2, 0.25) is 0 Å². The highest BCUT2D eigenvalue weighted by atomic mass is 32.2. The molecule has 5 nitrogen and oxygen atoms in total. The van der Waals surface area contributed by atoms with Crippen molar-refractivity contribution in [3.8, 4) is 0 Å². The Morgan fingerprint density at radius 2 is 1.81 bits per heavy atom. The number of thioether (sulfide) groups is 1. The first-order valence-electron chi connectivity index (χ1n) is 8.57. The van der Waals surface area contributed by atoms with Gasteiger partial charge in [-0.15, -0.1) is 11.8 Å². The van der Waals surface area contributed by atoms with Crippen molar-refractivity contribution >= 4 is 35.1 Å². The van der Waals surface area contributed by atoms with Crippen molar-refractivity contribution in [2.45, 2.75) is 38.7 Å². The number of rotatable bonds is 7. The molecule has 142 valence electrons. The number of benzene rings is 2. The molecule has 0 unspecified atom stereocenters. The molecule has 1 atom stereocenters. The summed E-state index contributed by atoms with van der Waals surface area (Å²) in [7, 11) is 0. The van der Waals surface area contributed by atoms with Crippen molar-refractivity contribution in [2.24, 2.45) is 0 Å². The maximum atomic E-state index is 12.2. The molecule has 0 fully saturated rings. The lowest BCUT2D eigenvalue weighted by Gasteiger charge is -2.14. The molecule has 2 rings (SSSR count). The summed E-state index contributed by atoms with van der Waals surface area (Å²) in [5.41, 5.74) is 3.34. The number of Topliss-reactive ketones (excluding diaryl/α,β-unsaturated/α-hetero) is 1. The predicted molar refractivity (Wildman–Crippen MR) is 107 cm³/mol. The highest BCUT2D eigenvalue weighted by Gasteiger charge is 2.18. The van der Waals surface area contributed by atoms with Gasteiger partial charge in [0.25, 0.3) is 5.91 Å². The van der Waals surface area contributed by atoms with Gasteiger partial charge >= 0.3 is 5.97 Å². The second-order valence-corrected chi connectivity index (χ2v) is 7.34. The van der Waals surface area contributed by atoms with Gasteiger partial charge in [0.05, 0.1) is 5.75 Å². The second-order valence-electron chi connectivity index (χ2n) is 6.29. The zero-order valence-electron chi connectivity index (χ0n) is 15.9. The van der Waals surface area contributed by atoms with Crippen LogP contribution in [-0.4, -0.2) is 29.5 Å². The normalized spacial score (nSPS) is 11.6. The van der Waals surface area contributed by atoms with E-state index in [2.05, 4.69) is 5.32 Å². The van der Waals surface area contributed by atoms with Crippen LogP contribution in [0.3, 0.4) is 0 Å². The summed E-state index contributed by atoms with van der Waals surface area (Å²) < 4.78 is 5.20. The molecule has 0 aliphatic heterocycles. The first-order chi connectivity index (χ1) is 12.8. The molecule has 0 radical (unpaired) electrons. The minimum Gasteiger partial charge on any atom is -0.452 e. The number of ether oxygens (including phenoxy) is 1. The third kappa shape index (κ3) is 6.25. The molecule has 2 aromatic rings. The monoisotopic (exact) mass is 385 g/mol. The average molecular weight is 385 g/mol. The van der Waals surface area contributed by atoms with E-state index in [4.69, 9.17) is 4.74 Å². The van der Waals surface area contributed by atoms with E-state index in [1.165, 1.54) is 31.2 Å². The number of anilines is 1. The van der Waals surface area contributed by atoms with Crippen LogP contribution < -0.4 is 5.32 Å². The third-order valence-corrected chi connectivity index (χ3v) is 5.02. The Morgan fingerprint density at radius 1 is 1.07 bits per heavy atom. The third-order valence-electron chi connectivity index (χ3n) is 4.05. The fourth-order valence-corrected chi connectivity index (χ4v) is 3.07. The summed E-state index contributed by atoms with van der Waals surface area (Å²) in [5.74, 6) is -0.868. The van der Waals surface area contributed by atoms with Crippen molar-refractivity contribution in [3.63, 3.8) is 0 Å². The van der Waals surface area contributed by atoms with Crippen LogP contribution in [-0.2, 0) is 14.3 Å². The topological polar surface area (TPSA) is 72.5 Å². The zero-order chi connectivity index (χ0) is 20.0. The van der Waals surface area contributed by atoms with Gasteiger partial charge in [-0.3, -0.25) is 14.4 Å². The summed E-state index contributed by atoms with van der Waals surface area (Å²) in [5, 5.41) is 2.65. The van der Waals surface area contributed by atoms with Gasteiger partial charge in [-0.1, -0.05) is 18.2 Å². The van der Waals surface area contributed by atoms with Gasteiger partial charge in [0.15, 0.2) is 11.9 Å². The lowest BCUT2D eigenvalue weighted by Crippen LogP contribution is -2.30. The van der Waals surface area contributed by atoms with Gasteiger partial charge in [-0.2, -0.15) is 0 Å². The Morgan fingerprint density at radius 3 is 2.48 bits per heavy atom. The molecule has 2 aromatic carbocycles. The Hall–Kier alpha value is -2.60. The number of hydrogen-bond donors (Lipinski definition) is 1. The van der Waals surface area contributed by atoms with E-state index in [0.29, 0.717) is 11.3 Å². The number of esters is 1. The Bertz CT molecular complexity index is 863. The molecule has 0 aromatic heterocycles. The summed E-state index contributed by atoms with van der Waals surface area (Å²) >= 11 is 1.37. The largest absolute Gasteiger partial charge is 0.452 e. The second kappa shape index (κ2) is 9.37. The number of amides is 1. The lowest BCUT2D eigenvalue weighted by atomic mass is 10.1. The molecular formula is C21H23NO4S. The standard InChI is InChI=1S/C21H23NO4S/c1-13-8-9-19(10-14(13)2)27-12-20(24)26-16(4)21(25)22-18-7-5-6-17(11-18)15(3)23/h5-11,16H,12H2,1-4H3,(H,22,25)/t16-/m0/s1. The van der Waals surface area contributed by atoms with Crippen molar-refractivity contribution in [1.29, 1.82) is 0 Å². The van der Waals surface area contributed by atoms with E-state index in [9.17, 15) is 14.4 Å². The number of nitrogens with one attached hydrogen (secondary N) is 1. The Kier molecular flexibility index (Phi) is 7.19. The van der Waals surface area contributed by atoms with Crippen LogP contribution in [0, 0.1) is 13.8 Å². The van der Waals surface area contributed by atoms with Crippen molar-refractivity contribution in [2.75, 3.05) is 11.1 Å². The summed E-state index contributed by atoms with van der Waals surface area (Å²) in [4.78, 5) is 36.6. The van der Waals surface area contributed by atoms with E-state index < -0.39 is 18.0 Å². The van der Waals surface area contributed by atoms with Crippen molar-refractivity contribution in [1.82, 2.24) is 0 Å². The minimum atomic E-state index is -0.932. The first kappa shape index (κ1) is 20.7. The van der Waals surface area contributed by atoms with Crippen LogP contribution in [0.4, 0.5) is 5.69 Å². The molecule has 0 spiro atoms.